The van der Waals surface area contributed by atoms with Crippen molar-refractivity contribution >= 4 is 46.3 Å². The number of amides is 3. The Labute approximate surface area is 209 Å². The lowest BCUT2D eigenvalue weighted by Gasteiger charge is -2.30. The van der Waals surface area contributed by atoms with E-state index in [4.69, 9.17) is 9.47 Å². The summed E-state index contributed by atoms with van der Waals surface area (Å²) in [5.74, 6) is -0.156. The Hall–Kier alpha value is -3.30. The molecule has 1 atom stereocenters. The van der Waals surface area contributed by atoms with E-state index in [1.165, 1.54) is 0 Å². The number of carbonyl (C=O) groups excluding carboxylic acids is 3. The molecule has 0 saturated carbocycles. The van der Waals surface area contributed by atoms with Crippen LogP contribution in [0.3, 0.4) is 0 Å². The predicted molar refractivity (Wildman–Crippen MR) is 138 cm³/mol. The molecule has 2 aliphatic rings. The van der Waals surface area contributed by atoms with E-state index >= 15 is 0 Å². The Kier molecular flexibility index (Phi) is 8.09. The first-order valence-corrected chi connectivity index (χ1v) is 12.5. The van der Waals surface area contributed by atoms with E-state index in [1.807, 2.05) is 55.5 Å². The zero-order valence-corrected chi connectivity index (χ0v) is 20.7. The molecular weight excluding hydrogens is 466 g/mol. The van der Waals surface area contributed by atoms with Crippen LogP contribution in [0.5, 0.6) is 5.75 Å². The van der Waals surface area contributed by atoms with Crippen molar-refractivity contribution in [3.63, 3.8) is 0 Å². The smallest absolute Gasteiger partial charge is 0.294 e. The van der Waals surface area contributed by atoms with Gasteiger partial charge in [0, 0.05) is 13.1 Å². The van der Waals surface area contributed by atoms with Crippen molar-refractivity contribution in [2.24, 2.45) is 0 Å². The van der Waals surface area contributed by atoms with E-state index in [1.54, 1.807) is 6.08 Å². The number of imide groups is 1. The number of para-hydroxylation sites is 2. The first-order chi connectivity index (χ1) is 16.9. The van der Waals surface area contributed by atoms with Gasteiger partial charge < -0.3 is 19.7 Å². The van der Waals surface area contributed by atoms with Gasteiger partial charge in [-0.25, -0.2) is 0 Å². The standard InChI is InChI=1S/C26H29N3O5S/c1-3-18(2)34-20-10-8-19(9-11-20)16-23-25(31)29(26(32)35-23)17-24(30)27-21-6-4-5-7-22(21)28-12-14-33-15-13-28/h4-11,16,18H,3,12-15,17H2,1-2H3,(H,27,30)/b23-16-/t18-/m0/s1. The SMILES string of the molecule is CC[C@H](C)Oc1ccc(/C=C2\SC(=O)N(CC(=O)Nc3ccccc3N3CCOCC3)C2=O)cc1. The van der Waals surface area contributed by atoms with Crippen molar-refractivity contribution in [2.75, 3.05) is 43.1 Å². The Morgan fingerprint density at radius 1 is 1.14 bits per heavy atom. The minimum Gasteiger partial charge on any atom is -0.491 e. The average molecular weight is 496 g/mol. The van der Waals surface area contributed by atoms with Gasteiger partial charge >= 0.3 is 0 Å². The molecule has 1 N–H and O–H groups in total. The predicted octanol–water partition coefficient (Wildman–Crippen LogP) is 4.38. The highest BCUT2D eigenvalue weighted by molar-refractivity contribution is 8.18. The summed E-state index contributed by atoms with van der Waals surface area (Å²) in [5, 5.41) is 2.39. The number of nitrogens with one attached hydrogen (secondary N) is 1. The molecule has 4 rings (SSSR count). The maximum absolute atomic E-state index is 12.9. The number of hydrogen-bond acceptors (Lipinski definition) is 7. The van der Waals surface area contributed by atoms with Gasteiger partial charge in [-0.05, 0) is 61.0 Å². The molecule has 0 spiro atoms. The minimum atomic E-state index is -0.475. The zero-order chi connectivity index (χ0) is 24.8. The number of nitrogens with zero attached hydrogens (tertiary/aromatic N) is 2. The Bertz CT molecular complexity index is 1110. The van der Waals surface area contributed by atoms with Gasteiger partial charge in [0.15, 0.2) is 0 Å². The Balaban J connectivity index is 1.40. The quantitative estimate of drug-likeness (QED) is 0.544. The van der Waals surface area contributed by atoms with Crippen LogP contribution in [0.25, 0.3) is 6.08 Å². The van der Waals surface area contributed by atoms with Crippen LogP contribution < -0.4 is 15.0 Å². The molecular formula is C26H29N3O5S. The van der Waals surface area contributed by atoms with Gasteiger partial charge in [-0.15, -0.1) is 0 Å². The fourth-order valence-corrected chi connectivity index (χ4v) is 4.58. The van der Waals surface area contributed by atoms with E-state index < -0.39 is 17.1 Å². The van der Waals surface area contributed by atoms with Crippen LogP contribution in [0.15, 0.2) is 53.4 Å². The summed E-state index contributed by atoms with van der Waals surface area (Å²) in [6.07, 6.45) is 2.68. The Morgan fingerprint density at radius 3 is 2.57 bits per heavy atom. The van der Waals surface area contributed by atoms with Gasteiger partial charge in [0.25, 0.3) is 11.1 Å². The maximum atomic E-state index is 12.9. The van der Waals surface area contributed by atoms with Crippen LogP contribution in [0.1, 0.15) is 25.8 Å². The second-order valence-electron chi connectivity index (χ2n) is 8.34. The summed E-state index contributed by atoms with van der Waals surface area (Å²) in [5.41, 5.74) is 2.30. The lowest BCUT2D eigenvalue weighted by Crippen LogP contribution is -2.38. The molecule has 9 heteroatoms. The molecule has 0 aromatic heterocycles. The van der Waals surface area contributed by atoms with Crippen molar-refractivity contribution < 1.29 is 23.9 Å². The molecule has 0 radical (unpaired) electrons. The van der Waals surface area contributed by atoms with Crippen molar-refractivity contribution in [2.45, 2.75) is 26.4 Å². The molecule has 2 aliphatic heterocycles. The van der Waals surface area contributed by atoms with E-state index in [0.717, 1.165) is 53.2 Å². The van der Waals surface area contributed by atoms with Crippen LogP contribution in [0.4, 0.5) is 16.2 Å². The van der Waals surface area contributed by atoms with Crippen molar-refractivity contribution in [1.29, 1.82) is 0 Å². The van der Waals surface area contributed by atoms with Gasteiger partial charge in [0.05, 0.1) is 35.6 Å². The van der Waals surface area contributed by atoms with Gasteiger partial charge in [0.2, 0.25) is 5.91 Å². The third kappa shape index (κ3) is 6.23. The van der Waals surface area contributed by atoms with Crippen molar-refractivity contribution in [3.05, 3.63) is 59.0 Å². The van der Waals surface area contributed by atoms with Crippen LogP contribution in [-0.2, 0) is 14.3 Å². The number of thioether (sulfide) groups is 1. The zero-order valence-electron chi connectivity index (χ0n) is 19.9. The number of morpholine rings is 1. The molecule has 2 saturated heterocycles. The highest BCUT2D eigenvalue weighted by atomic mass is 32.2. The van der Waals surface area contributed by atoms with Gasteiger partial charge in [-0.3, -0.25) is 19.3 Å². The number of carbonyl (C=O) groups is 3. The molecule has 2 aromatic rings. The highest BCUT2D eigenvalue weighted by Gasteiger charge is 2.36. The molecule has 0 unspecified atom stereocenters. The van der Waals surface area contributed by atoms with Crippen LogP contribution in [0, 0.1) is 0 Å². The normalized spacial score (nSPS) is 18.2. The van der Waals surface area contributed by atoms with E-state index in [9.17, 15) is 14.4 Å². The molecule has 2 heterocycles. The fourth-order valence-electron chi connectivity index (χ4n) is 3.74. The highest BCUT2D eigenvalue weighted by Crippen LogP contribution is 2.33. The Morgan fingerprint density at radius 2 is 1.86 bits per heavy atom. The van der Waals surface area contributed by atoms with Gasteiger partial charge in [-0.1, -0.05) is 31.2 Å². The minimum absolute atomic E-state index is 0.115. The summed E-state index contributed by atoms with van der Waals surface area (Å²) in [7, 11) is 0. The maximum Gasteiger partial charge on any atom is 0.294 e. The van der Waals surface area contributed by atoms with E-state index in [-0.39, 0.29) is 17.6 Å². The summed E-state index contributed by atoms with van der Waals surface area (Å²) < 4.78 is 11.2. The molecule has 0 aliphatic carbocycles. The first kappa shape index (κ1) is 24.8. The summed E-state index contributed by atoms with van der Waals surface area (Å²) >= 11 is 0.834. The van der Waals surface area contributed by atoms with Crippen molar-refractivity contribution in [1.82, 2.24) is 4.90 Å². The molecule has 0 bridgehead atoms. The molecule has 2 aromatic carbocycles. The van der Waals surface area contributed by atoms with Crippen LogP contribution in [-0.4, -0.2) is 60.9 Å². The molecule has 35 heavy (non-hydrogen) atoms. The number of rotatable bonds is 8. The second-order valence-corrected chi connectivity index (χ2v) is 9.33. The molecule has 3 amide bonds. The molecule has 8 nitrogen and oxygen atoms in total. The van der Waals surface area contributed by atoms with Crippen LogP contribution in [0.2, 0.25) is 0 Å². The van der Waals surface area contributed by atoms with Crippen molar-refractivity contribution in [3.8, 4) is 5.75 Å². The topological polar surface area (TPSA) is 88.2 Å². The third-order valence-corrected chi connectivity index (χ3v) is 6.70. The average Bonchev–Trinajstić information content (AvgIpc) is 3.13. The van der Waals surface area contributed by atoms with Gasteiger partial charge in [-0.2, -0.15) is 0 Å². The van der Waals surface area contributed by atoms with E-state index in [0.29, 0.717) is 18.9 Å². The summed E-state index contributed by atoms with van der Waals surface area (Å²) in [6.45, 7) is 6.41. The number of anilines is 2. The fraction of sp³-hybridized carbons (Fsp3) is 0.346. The second kappa shape index (κ2) is 11.4. The lowest BCUT2D eigenvalue weighted by molar-refractivity contribution is -0.127. The number of ether oxygens (including phenoxy) is 2. The summed E-state index contributed by atoms with van der Waals surface area (Å²) in [6, 6.07) is 14.8. The molecule has 184 valence electrons. The first-order valence-electron chi connectivity index (χ1n) is 11.7. The largest absolute Gasteiger partial charge is 0.491 e. The molecule has 2 fully saturated rings. The number of hydrogen-bond donors (Lipinski definition) is 1. The third-order valence-electron chi connectivity index (χ3n) is 5.80. The van der Waals surface area contributed by atoms with Crippen LogP contribution >= 0.6 is 11.8 Å². The number of benzene rings is 2. The van der Waals surface area contributed by atoms with Gasteiger partial charge in [0.1, 0.15) is 12.3 Å². The summed E-state index contributed by atoms with van der Waals surface area (Å²) in [4.78, 5) is 41.5. The monoisotopic (exact) mass is 495 g/mol. The lowest BCUT2D eigenvalue weighted by atomic mass is 10.2. The van der Waals surface area contributed by atoms with E-state index in [2.05, 4.69) is 17.1 Å².